The normalized spacial score (nSPS) is 11.5. The predicted molar refractivity (Wildman–Crippen MR) is 73.7 cm³/mol. The smallest absolute Gasteiger partial charge is 0.265 e. The molecule has 2 N–H and O–H groups in total. The molecule has 20 heavy (non-hydrogen) atoms. The Balaban J connectivity index is 2.13. The number of aryl methyl sites for hydroxylation is 2. The van der Waals surface area contributed by atoms with Gasteiger partial charge in [-0.1, -0.05) is 0 Å². The molecule has 8 heteroatoms. The molecule has 0 aliphatic heterocycles. The minimum Gasteiger partial charge on any atom is -0.396 e. The van der Waals surface area contributed by atoms with E-state index in [4.69, 9.17) is 5.11 Å². The van der Waals surface area contributed by atoms with Gasteiger partial charge in [-0.2, -0.15) is 5.10 Å². The first-order valence-corrected chi connectivity index (χ1v) is 7.58. The number of pyridine rings is 1. The van der Waals surface area contributed by atoms with Crippen LogP contribution in [0.1, 0.15) is 12.1 Å². The number of anilines is 1. The first-order chi connectivity index (χ1) is 9.51. The maximum atomic E-state index is 12.1. The summed E-state index contributed by atoms with van der Waals surface area (Å²) in [7, 11) is -3.67. The number of aromatic nitrogens is 3. The number of rotatable bonds is 6. The van der Waals surface area contributed by atoms with E-state index in [1.807, 2.05) is 6.92 Å². The van der Waals surface area contributed by atoms with Gasteiger partial charge in [-0.25, -0.2) is 8.42 Å². The van der Waals surface area contributed by atoms with Crippen LogP contribution in [-0.2, 0) is 16.6 Å². The summed E-state index contributed by atoms with van der Waals surface area (Å²) in [4.78, 5) is 4.11. The summed E-state index contributed by atoms with van der Waals surface area (Å²) in [6.45, 7) is 2.33. The molecule has 0 saturated carbocycles. The summed E-state index contributed by atoms with van der Waals surface area (Å²) in [5.41, 5.74) is 1.21. The van der Waals surface area contributed by atoms with Gasteiger partial charge >= 0.3 is 0 Å². The Bertz CT molecular complexity index is 664. The van der Waals surface area contributed by atoms with Crippen molar-refractivity contribution in [3.8, 4) is 0 Å². The average molecular weight is 296 g/mol. The summed E-state index contributed by atoms with van der Waals surface area (Å²) in [6.07, 6.45) is 4.69. The first-order valence-electron chi connectivity index (χ1n) is 6.10. The number of aliphatic hydroxyl groups excluding tert-OH is 1. The van der Waals surface area contributed by atoms with E-state index >= 15 is 0 Å². The fraction of sp³-hybridized carbons (Fsp3) is 0.333. The Labute approximate surface area is 117 Å². The van der Waals surface area contributed by atoms with Crippen LogP contribution in [0.15, 0.2) is 35.6 Å². The van der Waals surface area contributed by atoms with Crippen molar-refractivity contribution in [1.29, 1.82) is 0 Å². The van der Waals surface area contributed by atoms with Crippen molar-refractivity contribution in [2.45, 2.75) is 24.8 Å². The minimum atomic E-state index is -3.67. The molecule has 0 unspecified atom stereocenters. The van der Waals surface area contributed by atoms with Crippen LogP contribution in [0.4, 0.5) is 5.69 Å². The lowest BCUT2D eigenvalue weighted by molar-refractivity contribution is 0.277. The van der Waals surface area contributed by atoms with E-state index in [-0.39, 0.29) is 11.5 Å². The molecule has 0 aliphatic rings. The molecule has 108 valence electrons. The molecule has 0 saturated heterocycles. The molecule has 0 bridgehead atoms. The Morgan fingerprint density at radius 2 is 2.15 bits per heavy atom. The standard InChI is InChI=1S/C12H16N4O3S/c1-10-3-4-11(7-13-10)15-20(18,19)12-8-14-16(9-12)5-2-6-17/h3-4,7-9,15,17H,2,5-6H2,1H3. The van der Waals surface area contributed by atoms with Gasteiger partial charge in [-0.15, -0.1) is 0 Å². The number of hydrogen-bond acceptors (Lipinski definition) is 5. The summed E-state index contributed by atoms with van der Waals surface area (Å²) >= 11 is 0. The second-order valence-corrected chi connectivity index (χ2v) is 5.99. The quantitative estimate of drug-likeness (QED) is 0.820. The predicted octanol–water partition coefficient (Wildman–Crippen LogP) is 0.770. The van der Waals surface area contributed by atoms with Crippen LogP contribution in [0.25, 0.3) is 0 Å². The third kappa shape index (κ3) is 3.55. The van der Waals surface area contributed by atoms with Gasteiger partial charge in [0.2, 0.25) is 0 Å². The van der Waals surface area contributed by atoms with Gasteiger partial charge in [0.15, 0.2) is 0 Å². The fourth-order valence-corrected chi connectivity index (χ4v) is 2.58. The van der Waals surface area contributed by atoms with Crippen molar-refractivity contribution in [2.75, 3.05) is 11.3 Å². The van der Waals surface area contributed by atoms with Gasteiger partial charge < -0.3 is 5.11 Å². The van der Waals surface area contributed by atoms with E-state index in [2.05, 4.69) is 14.8 Å². The molecule has 2 rings (SSSR count). The van der Waals surface area contributed by atoms with Crippen molar-refractivity contribution in [1.82, 2.24) is 14.8 Å². The molecular formula is C12H16N4O3S. The molecular weight excluding hydrogens is 280 g/mol. The lowest BCUT2D eigenvalue weighted by atomic mass is 10.4. The van der Waals surface area contributed by atoms with Gasteiger partial charge in [-0.05, 0) is 25.5 Å². The second-order valence-electron chi connectivity index (χ2n) is 4.31. The minimum absolute atomic E-state index is 0.0369. The maximum absolute atomic E-state index is 12.1. The van der Waals surface area contributed by atoms with E-state index < -0.39 is 10.0 Å². The van der Waals surface area contributed by atoms with Crippen LogP contribution in [0.3, 0.4) is 0 Å². The Kier molecular flexibility index (Phi) is 4.35. The number of nitrogens with one attached hydrogen (secondary N) is 1. The fourth-order valence-electron chi connectivity index (χ4n) is 1.58. The van der Waals surface area contributed by atoms with Gasteiger partial charge in [0, 0.05) is 25.0 Å². The summed E-state index contributed by atoms with van der Waals surface area (Å²) in [6, 6.07) is 3.37. The van der Waals surface area contributed by atoms with Crippen molar-refractivity contribution in [3.63, 3.8) is 0 Å². The van der Waals surface area contributed by atoms with E-state index in [1.54, 1.807) is 12.1 Å². The van der Waals surface area contributed by atoms with Crippen molar-refractivity contribution in [3.05, 3.63) is 36.4 Å². The van der Waals surface area contributed by atoms with Crippen LogP contribution < -0.4 is 4.72 Å². The molecule has 0 aromatic carbocycles. The first kappa shape index (κ1) is 14.5. The van der Waals surface area contributed by atoms with Crippen LogP contribution in [-0.4, -0.2) is 34.9 Å². The monoisotopic (exact) mass is 296 g/mol. The molecule has 0 spiro atoms. The number of aliphatic hydroxyl groups is 1. The van der Waals surface area contributed by atoms with Crippen LogP contribution in [0.5, 0.6) is 0 Å². The molecule has 7 nitrogen and oxygen atoms in total. The Morgan fingerprint density at radius 1 is 1.35 bits per heavy atom. The lowest BCUT2D eigenvalue weighted by Crippen LogP contribution is -2.12. The Morgan fingerprint density at radius 3 is 2.80 bits per heavy atom. The van der Waals surface area contributed by atoms with Crippen molar-refractivity contribution < 1.29 is 13.5 Å². The number of sulfonamides is 1. The number of nitrogens with zero attached hydrogens (tertiary/aromatic N) is 3. The van der Waals surface area contributed by atoms with Crippen LogP contribution in [0, 0.1) is 6.92 Å². The zero-order valence-electron chi connectivity index (χ0n) is 11.0. The summed E-state index contributed by atoms with van der Waals surface area (Å²) in [5.74, 6) is 0. The number of hydrogen-bond donors (Lipinski definition) is 2. The van der Waals surface area contributed by atoms with Gasteiger partial charge in [0.05, 0.1) is 18.1 Å². The highest BCUT2D eigenvalue weighted by molar-refractivity contribution is 7.92. The average Bonchev–Trinajstić information content (AvgIpc) is 2.88. The molecule has 0 atom stereocenters. The molecule has 0 aliphatic carbocycles. The topological polar surface area (TPSA) is 97.1 Å². The van der Waals surface area contributed by atoms with Crippen molar-refractivity contribution in [2.24, 2.45) is 0 Å². The highest BCUT2D eigenvalue weighted by Gasteiger charge is 2.16. The SMILES string of the molecule is Cc1ccc(NS(=O)(=O)c2cnn(CCCO)c2)cn1. The molecule has 2 aromatic rings. The molecule has 0 radical (unpaired) electrons. The van der Waals surface area contributed by atoms with Gasteiger partial charge in [0.1, 0.15) is 4.90 Å². The maximum Gasteiger partial charge on any atom is 0.265 e. The van der Waals surface area contributed by atoms with Crippen molar-refractivity contribution >= 4 is 15.7 Å². The third-order valence-corrected chi connectivity index (χ3v) is 3.96. The van der Waals surface area contributed by atoms with Gasteiger partial charge in [-0.3, -0.25) is 14.4 Å². The van der Waals surface area contributed by atoms with E-state index in [0.717, 1.165) is 5.69 Å². The van der Waals surface area contributed by atoms with E-state index in [9.17, 15) is 8.42 Å². The second kappa shape index (κ2) is 6.02. The highest BCUT2D eigenvalue weighted by atomic mass is 32.2. The molecule has 2 aromatic heterocycles. The third-order valence-electron chi connectivity index (χ3n) is 2.63. The molecule has 0 fully saturated rings. The van der Waals surface area contributed by atoms with Crippen LogP contribution >= 0.6 is 0 Å². The highest BCUT2D eigenvalue weighted by Crippen LogP contribution is 2.14. The zero-order valence-corrected chi connectivity index (χ0v) is 11.8. The summed E-state index contributed by atoms with van der Waals surface area (Å²) < 4.78 is 28.2. The zero-order chi connectivity index (χ0) is 14.6. The molecule has 2 heterocycles. The van der Waals surface area contributed by atoms with Crippen LogP contribution in [0.2, 0.25) is 0 Å². The summed E-state index contributed by atoms with van der Waals surface area (Å²) in [5, 5.41) is 12.7. The largest absolute Gasteiger partial charge is 0.396 e. The Hall–Kier alpha value is -1.93. The van der Waals surface area contributed by atoms with E-state index in [0.29, 0.717) is 18.7 Å². The molecule has 0 amide bonds. The van der Waals surface area contributed by atoms with Gasteiger partial charge in [0.25, 0.3) is 10.0 Å². The lowest BCUT2D eigenvalue weighted by Gasteiger charge is -2.05. The van der Waals surface area contributed by atoms with E-state index in [1.165, 1.54) is 23.3 Å².